The summed E-state index contributed by atoms with van der Waals surface area (Å²) in [6.45, 7) is 15.3. The van der Waals surface area contributed by atoms with E-state index in [4.69, 9.17) is 0 Å². The van der Waals surface area contributed by atoms with Crippen molar-refractivity contribution in [1.29, 1.82) is 0 Å². The van der Waals surface area contributed by atoms with Crippen LogP contribution in [-0.4, -0.2) is 50.7 Å². The maximum absolute atomic E-state index is 9.22. The maximum atomic E-state index is 9.22. The van der Waals surface area contributed by atoms with Crippen LogP contribution >= 0.6 is 0 Å². The lowest BCUT2D eigenvalue weighted by Gasteiger charge is -2.40. The lowest BCUT2D eigenvalue weighted by atomic mass is 10.0. The number of quaternary nitrogens is 1. The summed E-state index contributed by atoms with van der Waals surface area (Å²) in [5, 5.41) is 0. The van der Waals surface area contributed by atoms with Crippen molar-refractivity contribution in [3.05, 3.63) is 0 Å². The number of rotatable bonds is 45. The van der Waals surface area contributed by atoms with E-state index in [0.29, 0.717) is 0 Å². The largest absolute Gasteiger partial charge is 0.726 e. The Bertz CT molecular complexity index is 703. The molecule has 0 aromatic carbocycles. The normalized spacial score (nSPS) is 12.0. The summed E-state index contributed by atoms with van der Waals surface area (Å²) < 4.78 is 32.5. The van der Waals surface area contributed by atoms with Crippen LogP contribution in [0, 0.1) is 0 Å². The second kappa shape index (κ2) is 46.5. The summed E-state index contributed by atoms with van der Waals surface area (Å²) in [5.41, 5.74) is 0. The van der Waals surface area contributed by atoms with Crippen LogP contribution in [-0.2, 0) is 14.6 Å². The average Bonchev–Trinajstić information content (AvgIpc) is 3.17. The van der Waals surface area contributed by atoms with Crippen LogP contribution in [0.25, 0.3) is 0 Å². The van der Waals surface area contributed by atoms with Crippen LogP contribution in [0.5, 0.6) is 0 Å². The molecule has 0 saturated carbocycles. The van der Waals surface area contributed by atoms with Crippen molar-refractivity contribution < 1.29 is 21.6 Å². The highest BCUT2D eigenvalue weighted by atomic mass is 32.3. The lowest BCUT2D eigenvalue weighted by molar-refractivity contribution is -0.929. The second-order valence-corrected chi connectivity index (χ2v) is 18.7. The van der Waals surface area contributed by atoms with Gasteiger partial charge in [0.15, 0.2) is 0 Å². The van der Waals surface area contributed by atoms with Crippen molar-refractivity contribution in [2.45, 2.75) is 285 Å². The molecule has 0 aliphatic carbocycles. The van der Waals surface area contributed by atoms with E-state index in [2.05, 4.69) is 31.9 Å². The highest BCUT2D eigenvalue weighted by molar-refractivity contribution is 7.80. The van der Waals surface area contributed by atoms with E-state index in [9.17, 15) is 13.0 Å². The molecule has 0 aromatic heterocycles. The van der Waals surface area contributed by atoms with Gasteiger partial charge in [-0.25, -0.2) is 8.42 Å². The van der Waals surface area contributed by atoms with Crippen molar-refractivity contribution >= 4 is 10.4 Å². The zero-order chi connectivity index (χ0) is 40.8. The molecule has 0 aliphatic heterocycles. The van der Waals surface area contributed by atoms with Gasteiger partial charge in [0, 0.05) is 0 Å². The van der Waals surface area contributed by atoms with Crippen LogP contribution < -0.4 is 0 Å². The molecule has 0 unspecified atom stereocenters. The van der Waals surface area contributed by atoms with E-state index in [1.54, 1.807) is 0 Å². The van der Waals surface area contributed by atoms with Gasteiger partial charge in [0.1, 0.15) is 0 Å². The Balaban J connectivity index is 0. The maximum Gasteiger partial charge on any atom is 0.217 e. The zero-order valence-corrected chi connectivity index (χ0v) is 39.4. The minimum absolute atomic E-state index is 0.808. The molecule has 5 nitrogen and oxygen atoms in total. The third-order valence-electron chi connectivity index (χ3n) is 12.1. The van der Waals surface area contributed by atoms with Crippen LogP contribution in [0.3, 0.4) is 0 Å². The molecule has 0 amide bonds. The van der Waals surface area contributed by atoms with Crippen LogP contribution in [0.4, 0.5) is 0 Å². The van der Waals surface area contributed by atoms with Gasteiger partial charge in [0.25, 0.3) is 0 Å². The fourth-order valence-electron chi connectivity index (χ4n) is 8.41. The van der Waals surface area contributed by atoms with Crippen molar-refractivity contribution in [1.82, 2.24) is 0 Å². The summed E-state index contributed by atoms with van der Waals surface area (Å²) in [4.78, 5) is 0. The van der Waals surface area contributed by atoms with Crippen molar-refractivity contribution in [3.8, 4) is 0 Å². The van der Waals surface area contributed by atoms with Crippen LogP contribution in [0.2, 0.25) is 0 Å². The molecular formula is C49H103NO4S. The highest BCUT2D eigenvalue weighted by Crippen LogP contribution is 2.22. The highest BCUT2D eigenvalue weighted by Gasteiger charge is 2.25. The minimum Gasteiger partial charge on any atom is -0.726 e. The molecule has 0 aliphatic rings. The first-order valence-electron chi connectivity index (χ1n) is 25.2. The first-order valence-corrected chi connectivity index (χ1v) is 26.5. The molecule has 0 bridgehead atoms. The van der Waals surface area contributed by atoms with Gasteiger partial charge in [-0.05, 0) is 51.4 Å². The van der Waals surface area contributed by atoms with E-state index in [1.165, 1.54) is 287 Å². The number of hydrogen-bond acceptors (Lipinski definition) is 4. The monoisotopic (exact) mass is 802 g/mol. The number of nitrogens with zero attached hydrogens (tertiary/aromatic N) is 1. The summed E-state index contributed by atoms with van der Waals surface area (Å²) in [7, 11) is -3.60. The molecule has 0 aromatic rings. The molecule has 0 heterocycles. The number of hydrogen-bond donors (Lipinski definition) is 0. The van der Waals surface area contributed by atoms with Gasteiger partial charge in [-0.1, -0.05) is 233 Å². The molecule has 0 N–H and O–H groups in total. The molecule has 0 rings (SSSR count). The summed E-state index contributed by atoms with van der Waals surface area (Å²) in [6, 6.07) is 0. The Morgan fingerprint density at radius 3 is 0.564 bits per heavy atom. The Morgan fingerprint density at radius 2 is 0.436 bits per heavy atom. The number of unbranched alkanes of at least 4 members (excludes halogenated alkanes) is 36. The molecule has 0 saturated heterocycles. The molecular weight excluding hydrogens is 699 g/mol. The van der Waals surface area contributed by atoms with Crippen molar-refractivity contribution in [2.75, 3.05) is 33.3 Å². The predicted octanol–water partition coefficient (Wildman–Crippen LogP) is 16.6. The molecule has 0 atom stereocenters. The van der Waals surface area contributed by atoms with Crippen LogP contribution in [0.1, 0.15) is 285 Å². The molecule has 55 heavy (non-hydrogen) atoms. The molecule has 334 valence electrons. The lowest BCUT2D eigenvalue weighted by Crippen LogP contribution is -2.50. The fourth-order valence-corrected chi connectivity index (χ4v) is 8.41. The third-order valence-corrected chi connectivity index (χ3v) is 12.6. The van der Waals surface area contributed by atoms with Gasteiger partial charge in [0.2, 0.25) is 10.4 Å². The predicted molar refractivity (Wildman–Crippen MR) is 244 cm³/mol. The van der Waals surface area contributed by atoms with E-state index < -0.39 is 10.4 Å². The Kier molecular flexibility index (Phi) is 48.1. The third kappa shape index (κ3) is 48.1. The van der Waals surface area contributed by atoms with Gasteiger partial charge in [-0.3, -0.25) is 4.18 Å². The van der Waals surface area contributed by atoms with E-state index in [1.807, 2.05) is 0 Å². The molecule has 6 heteroatoms. The van der Waals surface area contributed by atoms with Gasteiger partial charge >= 0.3 is 0 Å². The summed E-state index contributed by atoms with van der Waals surface area (Å²) in [5.74, 6) is 0. The van der Waals surface area contributed by atoms with E-state index in [0.717, 1.165) is 7.11 Å². The van der Waals surface area contributed by atoms with Crippen LogP contribution in [0.15, 0.2) is 0 Å². The first kappa shape index (κ1) is 56.9. The average molecular weight is 802 g/mol. The molecule has 0 radical (unpaired) electrons. The Labute approximate surface area is 348 Å². The SMILES string of the molecule is CCCCCCCCCCCC[N+](CCCCCCCCCCCC)(CCCCCCCCCCCC)CCCCCCCCCCCC.COS(=O)(=O)[O-]. The Hall–Kier alpha value is -0.170. The minimum atomic E-state index is -4.41. The Morgan fingerprint density at radius 1 is 0.309 bits per heavy atom. The van der Waals surface area contributed by atoms with Gasteiger partial charge < -0.3 is 9.04 Å². The van der Waals surface area contributed by atoms with Crippen molar-refractivity contribution in [3.63, 3.8) is 0 Å². The van der Waals surface area contributed by atoms with E-state index in [-0.39, 0.29) is 0 Å². The fraction of sp³-hybridized carbons (Fsp3) is 1.00. The van der Waals surface area contributed by atoms with Crippen molar-refractivity contribution in [2.24, 2.45) is 0 Å². The van der Waals surface area contributed by atoms with Gasteiger partial charge in [-0.2, -0.15) is 0 Å². The topological polar surface area (TPSA) is 66.4 Å². The quantitative estimate of drug-likeness (QED) is 0.0266. The second-order valence-electron chi connectivity index (χ2n) is 17.5. The zero-order valence-electron chi connectivity index (χ0n) is 38.6. The standard InChI is InChI=1S/C48H100N.CH4O4S/c1-5-9-13-17-21-25-29-33-37-41-45-49(46-42-38-34-30-26-22-18-14-10-6-2,47-43-39-35-31-27-23-19-15-11-7-3)48-44-40-36-32-28-24-20-16-12-8-4;1-5-6(2,3)4/h5-48H2,1-4H3;1H3,(H,2,3,4)/q+1;/p-1. The summed E-state index contributed by atoms with van der Waals surface area (Å²) in [6.07, 6.45) is 58.7. The summed E-state index contributed by atoms with van der Waals surface area (Å²) >= 11 is 0. The van der Waals surface area contributed by atoms with E-state index >= 15 is 0 Å². The first-order chi connectivity index (χ1) is 26.8. The molecule has 0 fully saturated rings. The van der Waals surface area contributed by atoms with Gasteiger partial charge in [0.05, 0.1) is 33.3 Å². The molecule has 0 spiro atoms. The smallest absolute Gasteiger partial charge is 0.217 e. The van der Waals surface area contributed by atoms with Gasteiger partial charge in [-0.15, -0.1) is 0 Å².